The van der Waals surface area contributed by atoms with Gasteiger partial charge in [-0.05, 0) is 24.5 Å². The first kappa shape index (κ1) is 16.9. The molecule has 0 radical (unpaired) electrons. The van der Waals surface area contributed by atoms with Crippen molar-refractivity contribution in [3.8, 4) is 11.5 Å². The van der Waals surface area contributed by atoms with Gasteiger partial charge in [0.05, 0.1) is 13.2 Å². The smallest absolute Gasteiger partial charge is 0.312 e. The number of rotatable bonds is 5. The molecule has 0 saturated carbocycles. The number of carbonyl (C=O) groups excluding carboxylic acids is 2. The van der Waals surface area contributed by atoms with Crippen LogP contribution in [0.2, 0.25) is 0 Å². The highest BCUT2D eigenvalue weighted by Crippen LogP contribution is 2.32. The van der Waals surface area contributed by atoms with Crippen LogP contribution < -0.4 is 25.8 Å². The van der Waals surface area contributed by atoms with Crippen LogP contribution in [0, 0.1) is 5.92 Å². The van der Waals surface area contributed by atoms with Crippen LogP contribution in [-0.2, 0) is 4.79 Å². The van der Waals surface area contributed by atoms with Gasteiger partial charge in [-0.25, -0.2) is 4.79 Å². The molecular weight excluding hydrogens is 298 g/mol. The molecule has 1 aliphatic rings. The fourth-order valence-corrected chi connectivity index (χ4v) is 2.35. The van der Waals surface area contributed by atoms with Gasteiger partial charge in [-0.2, -0.15) is 0 Å². The van der Waals surface area contributed by atoms with Crippen molar-refractivity contribution in [3.63, 3.8) is 0 Å². The van der Waals surface area contributed by atoms with Crippen LogP contribution in [-0.4, -0.2) is 31.2 Å². The van der Waals surface area contributed by atoms with E-state index in [0.29, 0.717) is 36.8 Å². The summed E-state index contributed by atoms with van der Waals surface area (Å²) >= 11 is 0. The van der Waals surface area contributed by atoms with Gasteiger partial charge in [0.1, 0.15) is 6.04 Å². The number of benzene rings is 1. The molecule has 4 N–H and O–H groups in total. The largest absolute Gasteiger partial charge is 0.490 e. The lowest BCUT2D eigenvalue weighted by molar-refractivity contribution is -0.118. The normalized spacial score (nSPS) is 14.7. The summed E-state index contributed by atoms with van der Waals surface area (Å²) in [6, 6.07) is 3.82. The molecule has 7 nitrogen and oxygen atoms in total. The van der Waals surface area contributed by atoms with Gasteiger partial charge in [0.25, 0.3) is 0 Å². The predicted octanol–water partition coefficient (Wildman–Crippen LogP) is 1.87. The summed E-state index contributed by atoms with van der Waals surface area (Å²) in [5, 5.41) is 5.25. The molecule has 126 valence electrons. The quantitative estimate of drug-likeness (QED) is 0.770. The Bertz CT molecular complexity index is 574. The van der Waals surface area contributed by atoms with Crippen LogP contribution >= 0.6 is 0 Å². The van der Waals surface area contributed by atoms with E-state index in [2.05, 4.69) is 10.6 Å². The molecule has 1 heterocycles. The average Bonchev–Trinajstić information content (AvgIpc) is 2.70. The Morgan fingerprint density at radius 1 is 1.22 bits per heavy atom. The SMILES string of the molecule is CC(C)C[C@H](NC(N)=O)C(=O)Nc1ccc2c(c1)OCCCO2. The number of carbonyl (C=O) groups is 2. The highest BCUT2D eigenvalue weighted by atomic mass is 16.5. The molecule has 1 atom stereocenters. The molecule has 1 aromatic carbocycles. The Morgan fingerprint density at radius 2 is 1.91 bits per heavy atom. The fraction of sp³-hybridized carbons (Fsp3) is 0.500. The van der Waals surface area contributed by atoms with Crippen molar-refractivity contribution >= 4 is 17.6 Å². The lowest BCUT2D eigenvalue weighted by atomic mass is 10.0. The molecule has 0 saturated heterocycles. The van der Waals surface area contributed by atoms with Crippen LogP contribution in [0.1, 0.15) is 26.7 Å². The highest BCUT2D eigenvalue weighted by Gasteiger charge is 2.21. The third-order valence-electron chi connectivity index (χ3n) is 3.36. The van der Waals surface area contributed by atoms with Gasteiger partial charge >= 0.3 is 6.03 Å². The van der Waals surface area contributed by atoms with Gasteiger partial charge in [0, 0.05) is 18.2 Å². The van der Waals surface area contributed by atoms with Crippen LogP contribution in [0.15, 0.2) is 18.2 Å². The van der Waals surface area contributed by atoms with Crippen molar-refractivity contribution in [1.82, 2.24) is 5.32 Å². The molecule has 23 heavy (non-hydrogen) atoms. The van der Waals surface area contributed by atoms with E-state index in [1.54, 1.807) is 18.2 Å². The third-order valence-corrected chi connectivity index (χ3v) is 3.36. The zero-order valence-electron chi connectivity index (χ0n) is 13.4. The van der Waals surface area contributed by atoms with Crippen molar-refractivity contribution in [2.45, 2.75) is 32.7 Å². The molecule has 0 spiro atoms. The van der Waals surface area contributed by atoms with E-state index in [0.717, 1.165) is 6.42 Å². The number of hydrogen-bond donors (Lipinski definition) is 3. The van der Waals surface area contributed by atoms with Gasteiger partial charge < -0.3 is 25.8 Å². The molecule has 1 aromatic rings. The summed E-state index contributed by atoms with van der Waals surface area (Å²) in [5.41, 5.74) is 5.72. The molecule has 2 rings (SSSR count). The molecule has 7 heteroatoms. The zero-order chi connectivity index (χ0) is 16.8. The molecule has 0 aromatic heterocycles. The zero-order valence-corrected chi connectivity index (χ0v) is 13.4. The van der Waals surface area contributed by atoms with Crippen molar-refractivity contribution < 1.29 is 19.1 Å². The Hall–Kier alpha value is -2.44. The summed E-state index contributed by atoms with van der Waals surface area (Å²) in [6.45, 7) is 5.12. The summed E-state index contributed by atoms with van der Waals surface area (Å²) in [7, 11) is 0. The number of nitrogens with one attached hydrogen (secondary N) is 2. The van der Waals surface area contributed by atoms with Crippen LogP contribution in [0.5, 0.6) is 11.5 Å². The molecular formula is C16H23N3O4. The molecule has 0 unspecified atom stereocenters. The van der Waals surface area contributed by atoms with E-state index in [4.69, 9.17) is 15.2 Å². The second-order valence-electron chi connectivity index (χ2n) is 5.89. The Labute approximate surface area is 135 Å². The number of urea groups is 1. The summed E-state index contributed by atoms with van der Waals surface area (Å²) in [6.07, 6.45) is 1.31. The van der Waals surface area contributed by atoms with Crippen molar-refractivity contribution in [3.05, 3.63) is 18.2 Å². The first-order valence-corrected chi connectivity index (χ1v) is 7.72. The minimum atomic E-state index is -0.718. The summed E-state index contributed by atoms with van der Waals surface area (Å²) in [4.78, 5) is 23.4. The maximum Gasteiger partial charge on any atom is 0.312 e. The molecule has 3 amide bonds. The number of anilines is 1. The topological polar surface area (TPSA) is 103 Å². The Balaban J connectivity index is 2.08. The van der Waals surface area contributed by atoms with Gasteiger partial charge in [-0.1, -0.05) is 13.8 Å². The van der Waals surface area contributed by atoms with Gasteiger partial charge in [0.2, 0.25) is 5.91 Å². The lowest BCUT2D eigenvalue weighted by Gasteiger charge is -2.19. The first-order valence-electron chi connectivity index (χ1n) is 7.72. The molecule has 0 fully saturated rings. The van der Waals surface area contributed by atoms with E-state index in [1.807, 2.05) is 13.8 Å². The van der Waals surface area contributed by atoms with E-state index in [9.17, 15) is 9.59 Å². The Morgan fingerprint density at radius 3 is 2.57 bits per heavy atom. The summed E-state index contributed by atoms with van der Waals surface area (Å²) < 4.78 is 11.1. The number of fused-ring (bicyclic) bond motifs is 1. The van der Waals surface area contributed by atoms with Crippen LogP contribution in [0.25, 0.3) is 0 Å². The van der Waals surface area contributed by atoms with E-state index < -0.39 is 12.1 Å². The maximum absolute atomic E-state index is 12.4. The fourth-order valence-electron chi connectivity index (χ4n) is 2.35. The average molecular weight is 321 g/mol. The lowest BCUT2D eigenvalue weighted by Crippen LogP contribution is -2.46. The minimum absolute atomic E-state index is 0.237. The second-order valence-corrected chi connectivity index (χ2v) is 5.89. The number of hydrogen-bond acceptors (Lipinski definition) is 4. The Kier molecular flexibility index (Phi) is 5.67. The molecule has 1 aliphatic heterocycles. The van der Waals surface area contributed by atoms with Gasteiger partial charge in [-0.3, -0.25) is 4.79 Å². The van der Waals surface area contributed by atoms with E-state index >= 15 is 0 Å². The number of nitrogens with two attached hydrogens (primary N) is 1. The van der Waals surface area contributed by atoms with Gasteiger partial charge in [0.15, 0.2) is 11.5 Å². The maximum atomic E-state index is 12.4. The van der Waals surface area contributed by atoms with Crippen LogP contribution in [0.4, 0.5) is 10.5 Å². The van der Waals surface area contributed by atoms with E-state index in [-0.39, 0.29) is 11.8 Å². The van der Waals surface area contributed by atoms with Crippen molar-refractivity contribution in [2.24, 2.45) is 11.7 Å². The standard InChI is InChI=1S/C16H23N3O4/c1-10(2)8-12(19-16(17)21)15(20)18-11-4-5-13-14(9-11)23-7-3-6-22-13/h4-5,9-10,12H,3,6-8H2,1-2H3,(H,18,20)(H3,17,19,21)/t12-/m0/s1. The van der Waals surface area contributed by atoms with Crippen LogP contribution in [0.3, 0.4) is 0 Å². The van der Waals surface area contributed by atoms with Crippen molar-refractivity contribution in [2.75, 3.05) is 18.5 Å². The number of amides is 3. The number of primary amides is 1. The van der Waals surface area contributed by atoms with Crippen molar-refractivity contribution in [1.29, 1.82) is 0 Å². The predicted molar refractivity (Wildman–Crippen MR) is 86.6 cm³/mol. The number of ether oxygens (including phenoxy) is 2. The molecule has 0 aliphatic carbocycles. The highest BCUT2D eigenvalue weighted by molar-refractivity contribution is 5.97. The van der Waals surface area contributed by atoms with Gasteiger partial charge in [-0.15, -0.1) is 0 Å². The third kappa shape index (κ3) is 5.05. The second kappa shape index (κ2) is 7.71. The minimum Gasteiger partial charge on any atom is -0.490 e. The monoisotopic (exact) mass is 321 g/mol. The van der Waals surface area contributed by atoms with E-state index in [1.165, 1.54) is 0 Å². The first-order chi connectivity index (χ1) is 11.0. The molecule has 0 bridgehead atoms. The summed E-state index contributed by atoms with van der Waals surface area (Å²) in [5.74, 6) is 1.19.